The molecule has 0 saturated carbocycles. The fourth-order valence-electron chi connectivity index (χ4n) is 1.07. The van der Waals surface area contributed by atoms with Gasteiger partial charge >= 0.3 is 5.97 Å². The zero-order valence-electron chi connectivity index (χ0n) is 9.01. The number of carbonyl (C=O) groups is 1. The van der Waals surface area contributed by atoms with E-state index >= 15 is 0 Å². The molecule has 0 radical (unpaired) electrons. The van der Waals surface area contributed by atoms with Gasteiger partial charge in [-0.15, -0.1) is 0 Å². The molecule has 0 spiro atoms. The van der Waals surface area contributed by atoms with Crippen LogP contribution in [-0.2, 0) is 4.74 Å². The molecular weight excluding hydrogens is 206 g/mol. The van der Waals surface area contributed by atoms with Gasteiger partial charge in [0, 0.05) is 12.5 Å². The van der Waals surface area contributed by atoms with Crippen LogP contribution in [0.5, 0.6) is 0 Å². The van der Waals surface area contributed by atoms with E-state index < -0.39 is 5.97 Å². The topological polar surface area (TPSA) is 70.3 Å². The summed E-state index contributed by atoms with van der Waals surface area (Å²) in [6.07, 6.45) is 0. The van der Waals surface area contributed by atoms with Gasteiger partial charge in [-0.05, 0) is 18.2 Å². The molecule has 0 amide bonds. The second kappa shape index (κ2) is 5.89. The predicted octanol–water partition coefficient (Wildman–Crippen LogP) is 1.34. The van der Waals surface area contributed by atoms with Crippen LogP contribution in [0.15, 0.2) is 24.3 Å². The smallest absolute Gasteiger partial charge is 0.338 e. The van der Waals surface area contributed by atoms with Crippen LogP contribution < -0.4 is 0 Å². The third-order valence-electron chi connectivity index (χ3n) is 2.04. The van der Waals surface area contributed by atoms with Crippen molar-refractivity contribution in [3.05, 3.63) is 35.4 Å². The molecule has 1 N–H and O–H groups in total. The Balaban J connectivity index is 2.63. The van der Waals surface area contributed by atoms with Crippen molar-refractivity contribution in [3.63, 3.8) is 0 Å². The average Bonchev–Trinajstić information content (AvgIpc) is 2.35. The number of ether oxygens (including phenoxy) is 1. The molecule has 84 valence electrons. The van der Waals surface area contributed by atoms with Gasteiger partial charge < -0.3 is 9.84 Å². The Morgan fingerprint density at radius 3 is 3.00 bits per heavy atom. The Morgan fingerprint density at radius 2 is 2.38 bits per heavy atom. The molecule has 0 aliphatic carbocycles. The van der Waals surface area contributed by atoms with Crippen LogP contribution in [0.3, 0.4) is 0 Å². The number of aliphatic hydroxyl groups is 1. The molecule has 0 bridgehead atoms. The molecule has 0 aliphatic heterocycles. The maximum absolute atomic E-state index is 11.5. The van der Waals surface area contributed by atoms with Crippen molar-refractivity contribution in [3.8, 4) is 6.07 Å². The Kier molecular flexibility index (Phi) is 4.49. The molecule has 4 nitrogen and oxygen atoms in total. The van der Waals surface area contributed by atoms with E-state index in [4.69, 9.17) is 15.1 Å². The van der Waals surface area contributed by atoms with E-state index in [9.17, 15) is 4.79 Å². The Hall–Kier alpha value is -1.86. The first-order valence-electron chi connectivity index (χ1n) is 4.95. The molecule has 0 heterocycles. The Labute approximate surface area is 94.1 Å². The van der Waals surface area contributed by atoms with E-state index in [0.29, 0.717) is 11.1 Å². The van der Waals surface area contributed by atoms with Crippen LogP contribution in [0.25, 0.3) is 0 Å². The second-order valence-electron chi connectivity index (χ2n) is 3.58. The van der Waals surface area contributed by atoms with E-state index in [1.165, 1.54) is 6.07 Å². The number of aliphatic hydroxyl groups excluding tert-OH is 1. The Bertz CT molecular complexity index is 409. The van der Waals surface area contributed by atoms with Crippen molar-refractivity contribution >= 4 is 5.97 Å². The zero-order valence-corrected chi connectivity index (χ0v) is 9.01. The van der Waals surface area contributed by atoms with Crippen LogP contribution in [0, 0.1) is 17.2 Å². The van der Waals surface area contributed by atoms with Gasteiger partial charge in [-0.2, -0.15) is 5.26 Å². The lowest BCUT2D eigenvalue weighted by atomic mass is 10.1. The summed E-state index contributed by atoms with van der Waals surface area (Å²) in [5.74, 6) is -0.555. The first-order valence-corrected chi connectivity index (χ1v) is 4.95. The number of hydrogen-bond acceptors (Lipinski definition) is 4. The summed E-state index contributed by atoms with van der Waals surface area (Å²) in [6.45, 7) is 1.93. The molecule has 0 aliphatic rings. The highest BCUT2D eigenvalue weighted by Crippen LogP contribution is 2.06. The van der Waals surface area contributed by atoms with Crippen LogP contribution >= 0.6 is 0 Å². The molecule has 1 aromatic carbocycles. The molecule has 4 heteroatoms. The predicted molar refractivity (Wildman–Crippen MR) is 57.7 cm³/mol. The van der Waals surface area contributed by atoms with Crippen LogP contribution in [0.1, 0.15) is 22.8 Å². The minimum absolute atomic E-state index is 0.0223. The quantitative estimate of drug-likeness (QED) is 0.776. The van der Waals surface area contributed by atoms with Crippen LogP contribution in [0.2, 0.25) is 0 Å². The lowest BCUT2D eigenvalue weighted by Crippen LogP contribution is -2.14. The SMILES string of the molecule is CC(CO)COC(=O)c1cccc(C#N)c1. The van der Waals surface area contributed by atoms with E-state index in [2.05, 4.69) is 0 Å². The van der Waals surface area contributed by atoms with Crippen molar-refractivity contribution in [2.75, 3.05) is 13.2 Å². The fraction of sp³-hybridized carbons (Fsp3) is 0.333. The summed E-state index contributed by atoms with van der Waals surface area (Å²) >= 11 is 0. The number of hydrogen-bond donors (Lipinski definition) is 1. The van der Waals surface area contributed by atoms with Crippen LogP contribution in [0.4, 0.5) is 0 Å². The summed E-state index contributed by atoms with van der Waals surface area (Å²) in [5.41, 5.74) is 0.772. The molecule has 1 aromatic rings. The van der Waals surface area contributed by atoms with Gasteiger partial charge in [0.05, 0.1) is 23.8 Å². The number of benzene rings is 1. The third kappa shape index (κ3) is 3.37. The van der Waals surface area contributed by atoms with Crippen molar-refractivity contribution < 1.29 is 14.6 Å². The van der Waals surface area contributed by atoms with E-state index in [1.54, 1.807) is 25.1 Å². The van der Waals surface area contributed by atoms with Crippen molar-refractivity contribution in [1.29, 1.82) is 5.26 Å². The molecule has 1 unspecified atom stereocenters. The summed E-state index contributed by atoms with van der Waals surface area (Å²) in [6, 6.07) is 8.27. The first-order chi connectivity index (χ1) is 7.67. The van der Waals surface area contributed by atoms with Gasteiger partial charge in [0.25, 0.3) is 0 Å². The highest BCUT2D eigenvalue weighted by Gasteiger charge is 2.09. The summed E-state index contributed by atoms with van der Waals surface area (Å²) in [5, 5.41) is 17.4. The Morgan fingerprint density at radius 1 is 1.62 bits per heavy atom. The highest BCUT2D eigenvalue weighted by molar-refractivity contribution is 5.89. The average molecular weight is 219 g/mol. The summed E-state index contributed by atoms with van der Waals surface area (Å²) in [7, 11) is 0. The fourth-order valence-corrected chi connectivity index (χ4v) is 1.07. The van der Waals surface area contributed by atoms with Crippen molar-refractivity contribution in [1.82, 2.24) is 0 Å². The van der Waals surface area contributed by atoms with Crippen molar-refractivity contribution in [2.24, 2.45) is 5.92 Å². The lowest BCUT2D eigenvalue weighted by Gasteiger charge is -2.08. The standard InChI is InChI=1S/C12H13NO3/c1-9(7-14)8-16-12(15)11-4-2-3-10(5-11)6-13/h2-5,9,14H,7-8H2,1H3. The van der Waals surface area contributed by atoms with Gasteiger partial charge in [-0.3, -0.25) is 0 Å². The van der Waals surface area contributed by atoms with E-state index in [1.807, 2.05) is 6.07 Å². The van der Waals surface area contributed by atoms with Crippen LogP contribution in [-0.4, -0.2) is 24.3 Å². The highest BCUT2D eigenvalue weighted by atomic mass is 16.5. The lowest BCUT2D eigenvalue weighted by molar-refractivity contribution is 0.0405. The molecule has 16 heavy (non-hydrogen) atoms. The van der Waals surface area contributed by atoms with E-state index in [-0.39, 0.29) is 19.1 Å². The minimum Gasteiger partial charge on any atom is -0.462 e. The number of nitrogens with zero attached hydrogens (tertiary/aromatic N) is 1. The molecule has 0 aromatic heterocycles. The van der Waals surface area contributed by atoms with Gasteiger partial charge in [0.15, 0.2) is 0 Å². The minimum atomic E-state index is -0.475. The summed E-state index contributed by atoms with van der Waals surface area (Å²) < 4.78 is 4.97. The number of esters is 1. The van der Waals surface area contributed by atoms with Gasteiger partial charge in [-0.1, -0.05) is 13.0 Å². The number of carbonyl (C=O) groups excluding carboxylic acids is 1. The normalized spacial score (nSPS) is 11.6. The van der Waals surface area contributed by atoms with Crippen molar-refractivity contribution in [2.45, 2.75) is 6.92 Å². The summed E-state index contributed by atoms with van der Waals surface area (Å²) in [4.78, 5) is 11.5. The van der Waals surface area contributed by atoms with Gasteiger partial charge in [0.2, 0.25) is 0 Å². The zero-order chi connectivity index (χ0) is 12.0. The largest absolute Gasteiger partial charge is 0.462 e. The monoisotopic (exact) mass is 219 g/mol. The molecule has 0 fully saturated rings. The second-order valence-corrected chi connectivity index (χ2v) is 3.58. The number of rotatable bonds is 4. The third-order valence-corrected chi connectivity index (χ3v) is 2.04. The molecular formula is C12H13NO3. The number of nitriles is 1. The maximum atomic E-state index is 11.5. The molecule has 1 atom stereocenters. The van der Waals surface area contributed by atoms with Gasteiger partial charge in [-0.25, -0.2) is 4.79 Å². The van der Waals surface area contributed by atoms with Gasteiger partial charge in [0.1, 0.15) is 0 Å². The maximum Gasteiger partial charge on any atom is 0.338 e. The first kappa shape index (κ1) is 12.2. The molecule has 1 rings (SSSR count). The van der Waals surface area contributed by atoms with E-state index in [0.717, 1.165) is 0 Å². The molecule has 0 saturated heterocycles.